The summed E-state index contributed by atoms with van der Waals surface area (Å²) in [5.74, 6) is -0.312. The lowest BCUT2D eigenvalue weighted by Crippen LogP contribution is -2.46. The molecule has 0 unspecified atom stereocenters. The van der Waals surface area contributed by atoms with Gasteiger partial charge in [-0.15, -0.1) is 0 Å². The topological polar surface area (TPSA) is 75.7 Å². The van der Waals surface area contributed by atoms with Crippen LogP contribution in [0.1, 0.15) is 39.2 Å². The van der Waals surface area contributed by atoms with Gasteiger partial charge in [0.2, 0.25) is 15.9 Å². The molecule has 1 amide bonds. The van der Waals surface area contributed by atoms with Crippen molar-refractivity contribution in [1.29, 1.82) is 0 Å². The van der Waals surface area contributed by atoms with E-state index in [-0.39, 0.29) is 22.8 Å². The lowest BCUT2D eigenvalue weighted by atomic mass is 9.86. The van der Waals surface area contributed by atoms with Gasteiger partial charge in [0, 0.05) is 13.1 Å². The van der Waals surface area contributed by atoms with Crippen molar-refractivity contribution in [2.75, 3.05) is 26.2 Å². The molecule has 0 radical (unpaired) electrons. The molecule has 3 rings (SSSR count). The highest BCUT2D eigenvalue weighted by Crippen LogP contribution is 2.30. The van der Waals surface area contributed by atoms with Crippen LogP contribution in [0.4, 0.5) is 4.39 Å². The number of amides is 1. The van der Waals surface area contributed by atoms with Crippen LogP contribution in [0, 0.1) is 11.7 Å². The van der Waals surface area contributed by atoms with Crippen LogP contribution in [-0.4, -0.2) is 44.9 Å². The number of halogens is 1. The van der Waals surface area contributed by atoms with E-state index >= 15 is 0 Å². The Kier molecular flexibility index (Phi) is 7.56. The molecule has 1 saturated heterocycles. The van der Waals surface area contributed by atoms with Gasteiger partial charge in [-0.25, -0.2) is 12.8 Å². The van der Waals surface area contributed by atoms with Gasteiger partial charge in [-0.05, 0) is 54.2 Å². The predicted octanol–water partition coefficient (Wildman–Crippen LogP) is 3.72. The zero-order valence-corrected chi connectivity index (χ0v) is 19.6. The van der Waals surface area contributed by atoms with Crippen LogP contribution in [0.3, 0.4) is 0 Å². The third-order valence-electron chi connectivity index (χ3n) is 5.56. The number of benzene rings is 2. The fourth-order valence-electron chi connectivity index (χ4n) is 3.82. The molecule has 1 aliphatic heterocycles. The van der Waals surface area contributed by atoms with Crippen molar-refractivity contribution in [2.45, 2.75) is 43.9 Å². The molecular formula is C24H31FN2O4S. The Morgan fingerprint density at radius 2 is 1.84 bits per heavy atom. The van der Waals surface area contributed by atoms with E-state index in [4.69, 9.17) is 4.74 Å². The number of hydrogen-bond donors (Lipinski definition) is 1. The first kappa shape index (κ1) is 24.2. The molecule has 0 saturated carbocycles. The van der Waals surface area contributed by atoms with E-state index in [1.807, 2.05) is 24.3 Å². The van der Waals surface area contributed by atoms with Gasteiger partial charge in [0.1, 0.15) is 18.2 Å². The number of sulfonamides is 1. The molecule has 1 heterocycles. The van der Waals surface area contributed by atoms with E-state index in [1.165, 1.54) is 16.4 Å². The molecule has 174 valence electrons. The number of rotatable bonds is 7. The average molecular weight is 463 g/mol. The van der Waals surface area contributed by atoms with Gasteiger partial charge in [0.25, 0.3) is 0 Å². The molecule has 2 aromatic rings. The number of carbonyl (C=O) groups excluding carboxylic acids is 1. The van der Waals surface area contributed by atoms with Gasteiger partial charge < -0.3 is 10.1 Å². The Labute approximate surface area is 189 Å². The van der Waals surface area contributed by atoms with Crippen LogP contribution in [0.5, 0.6) is 5.75 Å². The summed E-state index contributed by atoms with van der Waals surface area (Å²) in [4.78, 5) is 12.7. The van der Waals surface area contributed by atoms with Crippen LogP contribution < -0.4 is 10.1 Å². The molecule has 0 aromatic heterocycles. The summed E-state index contributed by atoms with van der Waals surface area (Å²) in [7, 11) is -3.76. The van der Waals surface area contributed by atoms with E-state index in [9.17, 15) is 17.6 Å². The third-order valence-corrected chi connectivity index (χ3v) is 7.44. The number of piperidine rings is 1. The van der Waals surface area contributed by atoms with Crippen molar-refractivity contribution in [3.05, 3.63) is 59.9 Å². The Morgan fingerprint density at radius 1 is 1.16 bits per heavy atom. The molecule has 2 aromatic carbocycles. The summed E-state index contributed by atoms with van der Waals surface area (Å²) < 4.78 is 46.0. The van der Waals surface area contributed by atoms with Gasteiger partial charge in [-0.2, -0.15) is 4.31 Å². The first-order valence-electron chi connectivity index (χ1n) is 10.8. The van der Waals surface area contributed by atoms with E-state index in [0.717, 1.165) is 23.4 Å². The maximum absolute atomic E-state index is 13.1. The molecule has 0 spiro atoms. The summed E-state index contributed by atoms with van der Waals surface area (Å²) in [6.07, 6.45) is 1.21. The van der Waals surface area contributed by atoms with Crippen LogP contribution in [0.25, 0.3) is 0 Å². The highest BCUT2D eigenvalue weighted by Gasteiger charge is 2.33. The van der Waals surface area contributed by atoms with E-state index in [2.05, 4.69) is 26.1 Å². The minimum Gasteiger partial charge on any atom is -0.491 e. The lowest BCUT2D eigenvalue weighted by Gasteiger charge is -2.31. The maximum atomic E-state index is 13.1. The van der Waals surface area contributed by atoms with E-state index in [1.54, 1.807) is 0 Å². The number of nitrogens with one attached hydrogen (secondary N) is 1. The molecule has 1 N–H and O–H groups in total. The summed E-state index contributed by atoms with van der Waals surface area (Å²) in [6, 6.07) is 12.6. The number of hydrogen-bond acceptors (Lipinski definition) is 4. The number of para-hydroxylation sites is 1. The van der Waals surface area contributed by atoms with Crippen molar-refractivity contribution in [3.8, 4) is 5.75 Å². The van der Waals surface area contributed by atoms with Crippen LogP contribution in [0.15, 0.2) is 53.4 Å². The predicted molar refractivity (Wildman–Crippen MR) is 122 cm³/mol. The van der Waals surface area contributed by atoms with Crippen LogP contribution in [0.2, 0.25) is 0 Å². The van der Waals surface area contributed by atoms with Gasteiger partial charge in [-0.3, -0.25) is 4.79 Å². The Morgan fingerprint density at radius 3 is 2.53 bits per heavy atom. The fourth-order valence-corrected chi connectivity index (χ4v) is 5.35. The minimum absolute atomic E-state index is 0.0332. The second kappa shape index (κ2) is 10.0. The second-order valence-electron chi connectivity index (χ2n) is 9.04. The van der Waals surface area contributed by atoms with Gasteiger partial charge >= 0.3 is 0 Å². The molecule has 6 nitrogen and oxygen atoms in total. The summed E-state index contributed by atoms with van der Waals surface area (Å²) in [5.41, 5.74) is 1.04. The van der Waals surface area contributed by atoms with Crippen molar-refractivity contribution in [2.24, 2.45) is 5.92 Å². The smallest absolute Gasteiger partial charge is 0.243 e. The van der Waals surface area contributed by atoms with Crippen molar-refractivity contribution in [1.82, 2.24) is 9.62 Å². The fraction of sp³-hybridized carbons (Fsp3) is 0.458. The largest absolute Gasteiger partial charge is 0.491 e. The van der Waals surface area contributed by atoms with Crippen LogP contribution in [-0.2, 0) is 20.2 Å². The highest BCUT2D eigenvalue weighted by molar-refractivity contribution is 7.89. The summed E-state index contributed by atoms with van der Waals surface area (Å²) in [6.45, 7) is 7.46. The van der Waals surface area contributed by atoms with Gasteiger partial charge in [-0.1, -0.05) is 39.0 Å². The first-order valence-corrected chi connectivity index (χ1v) is 12.3. The van der Waals surface area contributed by atoms with Crippen molar-refractivity contribution in [3.63, 3.8) is 0 Å². The highest BCUT2D eigenvalue weighted by atomic mass is 32.2. The molecule has 1 fully saturated rings. The third kappa shape index (κ3) is 5.86. The van der Waals surface area contributed by atoms with Crippen molar-refractivity contribution >= 4 is 15.9 Å². The zero-order chi connectivity index (χ0) is 23.4. The Balaban J connectivity index is 1.53. The van der Waals surface area contributed by atoms with Gasteiger partial charge in [0.05, 0.1) is 17.4 Å². The lowest BCUT2D eigenvalue weighted by molar-refractivity contribution is -0.126. The van der Waals surface area contributed by atoms with E-state index < -0.39 is 21.8 Å². The second-order valence-corrected chi connectivity index (χ2v) is 11.0. The average Bonchev–Trinajstić information content (AvgIpc) is 2.76. The zero-order valence-electron chi connectivity index (χ0n) is 18.8. The first-order chi connectivity index (χ1) is 15.1. The molecule has 32 heavy (non-hydrogen) atoms. The quantitative estimate of drug-likeness (QED) is 0.637. The number of nitrogens with zero attached hydrogens (tertiary/aromatic N) is 1. The number of ether oxygens (including phenoxy) is 1. The maximum Gasteiger partial charge on any atom is 0.243 e. The summed E-state index contributed by atoms with van der Waals surface area (Å²) >= 11 is 0. The molecule has 0 bridgehead atoms. The van der Waals surface area contributed by atoms with Crippen molar-refractivity contribution < 1.29 is 22.3 Å². The Hall–Kier alpha value is -2.45. The SMILES string of the molecule is CC(C)(C)c1ccccc1OCCNC(=O)[C@H]1CCCN(S(=O)(=O)c2ccc(F)cc2)C1. The van der Waals surface area contributed by atoms with Gasteiger partial charge in [0.15, 0.2) is 0 Å². The Bertz CT molecular complexity index is 1030. The molecule has 8 heteroatoms. The molecule has 1 atom stereocenters. The monoisotopic (exact) mass is 462 g/mol. The normalized spacial score (nSPS) is 17.7. The minimum atomic E-state index is -3.76. The van der Waals surface area contributed by atoms with E-state index in [0.29, 0.717) is 32.5 Å². The standard InChI is InChI=1S/C24H31FN2O4S/c1-24(2,3)21-8-4-5-9-22(21)31-16-14-26-23(28)18-7-6-15-27(17-18)32(29,30)20-12-10-19(25)11-13-20/h4-5,8-13,18H,6-7,14-17H2,1-3H3,(H,26,28)/t18-/m0/s1. The molecule has 0 aliphatic carbocycles. The van der Waals surface area contributed by atoms with Crippen LogP contribution >= 0.6 is 0 Å². The summed E-state index contributed by atoms with van der Waals surface area (Å²) in [5, 5.41) is 2.87. The number of carbonyl (C=O) groups is 1. The molecular weight excluding hydrogens is 431 g/mol. The molecule has 1 aliphatic rings.